The Balaban J connectivity index is 0.00000288. The summed E-state index contributed by atoms with van der Waals surface area (Å²) in [5.74, 6) is 0.207. The Bertz CT molecular complexity index is 479. The van der Waals surface area contributed by atoms with Gasteiger partial charge in [0.15, 0.2) is 0 Å². The van der Waals surface area contributed by atoms with E-state index in [9.17, 15) is 4.79 Å². The van der Waals surface area contributed by atoms with Crippen molar-refractivity contribution in [1.29, 1.82) is 0 Å². The van der Waals surface area contributed by atoms with Crippen LogP contribution >= 0.6 is 24.8 Å². The highest BCUT2D eigenvalue weighted by Gasteiger charge is 2.26. The topological polar surface area (TPSA) is 48.5 Å². The molecule has 0 aromatic carbocycles. The molecule has 0 radical (unpaired) electrons. The van der Waals surface area contributed by atoms with E-state index in [2.05, 4.69) is 29.0 Å². The highest BCUT2D eigenvalue weighted by atomic mass is 35.5. The van der Waals surface area contributed by atoms with Gasteiger partial charge in [-0.15, -0.1) is 24.8 Å². The molecule has 1 aliphatic heterocycles. The Labute approximate surface area is 164 Å². The number of likely N-dealkylation sites (N-methyl/N-ethyl adjacent to an activating group) is 1. The highest BCUT2D eigenvalue weighted by molar-refractivity contribution is 5.85. The quantitative estimate of drug-likeness (QED) is 0.810. The molecule has 1 aromatic heterocycles. The fourth-order valence-electron chi connectivity index (χ4n) is 2.89. The molecule has 1 unspecified atom stereocenters. The summed E-state index contributed by atoms with van der Waals surface area (Å²) in [6.45, 7) is 7.34. The summed E-state index contributed by atoms with van der Waals surface area (Å²) in [5.41, 5.74) is 0.963. The van der Waals surface area contributed by atoms with E-state index in [1.165, 1.54) is 0 Å². The van der Waals surface area contributed by atoms with Crippen LogP contribution in [0.25, 0.3) is 0 Å². The van der Waals surface area contributed by atoms with E-state index >= 15 is 0 Å². The molecule has 5 nitrogen and oxygen atoms in total. The fourth-order valence-corrected chi connectivity index (χ4v) is 2.89. The molecular weight excluding hydrogens is 359 g/mol. The van der Waals surface area contributed by atoms with Crippen LogP contribution in [0.2, 0.25) is 0 Å². The number of hydrogen-bond acceptors (Lipinski definition) is 4. The average Bonchev–Trinajstić information content (AvgIpc) is 2.82. The molecule has 1 aliphatic rings. The van der Waals surface area contributed by atoms with E-state index in [1.807, 2.05) is 30.1 Å². The second-order valence-electron chi connectivity index (χ2n) is 6.69. The molecular formula is C18H32Cl2N4O. The van der Waals surface area contributed by atoms with E-state index in [4.69, 9.17) is 0 Å². The molecule has 0 bridgehead atoms. The number of carbonyl (C=O) groups is 1. The number of nitrogens with one attached hydrogen (secondary N) is 1. The number of amides is 1. The zero-order valence-electron chi connectivity index (χ0n) is 15.5. The Morgan fingerprint density at radius 1 is 1.28 bits per heavy atom. The molecule has 25 heavy (non-hydrogen) atoms. The monoisotopic (exact) mass is 390 g/mol. The first-order chi connectivity index (χ1) is 11.1. The maximum absolute atomic E-state index is 12.9. The summed E-state index contributed by atoms with van der Waals surface area (Å²) >= 11 is 0. The summed E-state index contributed by atoms with van der Waals surface area (Å²) in [4.78, 5) is 21.5. The lowest BCUT2D eigenvalue weighted by Crippen LogP contribution is -2.46. The molecule has 1 aromatic rings. The number of pyridine rings is 1. The van der Waals surface area contributed by atoms with Gasteiger partial charge in [-0.3, -0.25) is 14.7 Å². The van der Waals surface area contributed by atoms with Crippen molar-refractivity contribution in [3.8, 4) is 0 Å². The van der Waals surface area contributed by atoms with Gasteiger partial charge in [0.2, 0.25) is 5.91 Å². The van der Waals surface area contributed by atoms with Crippen molar-refractivity contribution in [3.63, 3.8) is 0 Å². The molecule has 0 aliphatic carbocycles. The van der Waals surface area contributed by atoms with Gasteiger partial charge in [-0.05, 0) is 65.4 Å². The third-order valence-electron chi connectivity index (χ3n) is 4.63. The van der Waals surface area contributed by atoms with E-state index in [1.54, 1.807) is 6.20 Å². The summed E-state index contributed by atoms with van der Waals surface area (Å²) in [6.07, 6.45) is 5.00. The Morgan fingerprint density at radius 2 is 2.04 bits per heavy atom. The van der Waals surface area contributed by atoms with Crippen LogP contribution in [-0.2, 0) is 11.3 Å². The molecule has 0 spiro atoms. The lowest BCUT2D eigenvalue weighted by Gasteiger charge is -2.33. The number of rotatable bonds is 6. The lowest BCUT2D eigenvalue weighted by molar-refractivity contribution is -0.135. The van der Waals surface area contributed by atoms with Crippen LogP contribution in [0, 0.1) is 0 Å². The SMILES string of the molecule is CC(C)N(C)CC(=O)N(Cc1ccccn1)C1CCCNCC1.Cl.Cl. The number of carbonyl (C=O) groups excluding carboxylic acids is 1. The van der Waals surface area contributed by atoms with Crippen molar-refractivity contribution in [2.75, 3.05) is 26.7 Å². The van der Waals surface area contributed by atoms with Gasteiger partial charge in [0.1, 0.15) is 0 Å². The van der Waals surface area contributed by atoms with E-state index in [0.29, 0.717) is 25.2 Å². The van der Waals surface area contributed by atoms with Crippen LogP contribution in [0.3, 0.4) is 0 Å². The van der Waals surface area contributed by atoms with Crippen LogP contribution in [0.15, 0.2) is 24.4 Å². The zero-order valence-corrected chi connectivity index (χ0v) is 17.1. The first kappa shape index (κ1) is 24.1. The normalized spacial score (nSPS) is 17.4. The van der Waals surface area contributed by atoms with Crippen molar-refractivity contribution in [2.24, 2.45) is 0 Å². The smallest absolute Gasteiger partial charge is 0.237 e. The lowest BCUT2D eigenvalue weighted by atomic mass is 10.1. The molecule has 1 atom stereocenters. The molecule has 144 valence electrons. The fraction of sp³-hybridized carbons (Fsp3) is 0.667. The van der Waals surface area contributed by atoms with E-state index in [-0.39, 0.29) is 30.7 Å². The molecule has 0 saturated carbocycles. The van der Waals surface area contributed by atoms with Gasteiger partial charge in [0.25, 0.3) is 0 Å². The van der Waals surface area contributed by atoms with Crippen molar-refractivity contribution in [3.05, 3.63) is 30.1 Å². The van der Waals surface area contributed by atoms with Crippen LogP contribution in [0.5, 0.6) is 0 Å². The summed E-state index contributed by atoms with van der Waals surface area (Å²) < 4.78 is 0. The molecule has 2 heterocycles. The zero-order chi connectivity index (χ0) is 16.7. The molecule has 1 fully saturated rings. The van der Waals surface area contributed by atoms with Gasteiger partial charge >= 0.3 is 0 Å². The number of hydrogen-bond donors (Lipinski definition) is 1. The Morgan fingerprint density at radius 3 is 2.68 bits per heavy atom. The third-order valence-corrected chi connectivity index (χ3v) is 4.63. The minimum absolute atomic E-state index is 0. The summed E-state index contributed by atoms with van der Waals surface area (Å²) in [7, 11) is 2.01. The van der Waals surface area contributed by atoms with Gasteiger partial charge in [-0.25, -0.2) is 0 Å². The minimum Gasteiger partial charge on any atom is -0.333 e. The summed E-state index contributed by atoms with van der Waals surface area (Å²) in [6, 6.07) is 6.57. The molecule has 1 N–H and O–H groups in total. The van der Waals surface area contributed by atoms with Crippen LogP contribution in [-0.4, -0.2) is 59.5 Å². The second kappa shape index (κ2) is 12.5. The molecule has 1 saturated heterocycles. The number of aromatic nitrogens is 1. The first-order valence-corrected chi connectivity index (χ1v) is 8.68. The van der Waals surface area contributed by atoms with E-state index in [0.717, 1.165) is 38.0 Å². The standard InChI is InChI=1S/C18H30N4O.2ClH/c1-15(2)21(3)14-18(23)22(13-16-7-4-5-11-20-16)17-8-6-10-19-12-9-17;;/h4-5,7,11,15,17,19H,6,8-10,12-14H2,1-3H3;2*1H. The maximum Gasteiger partial charge on any atom is 0.237 e. The molecule has 1 amide bonds. The second-order valence-corrected chi connectivity index (χ2v) is 6.69. The van der Waals surface area contributed by atoms with Crippen LogP contribution in [0.1, 0.15) is 38.8 Å². The number of nitrogens with zero attached hydrogens (tertiary/aromatic N) is 3. The van der Waals surface area contributed by atoms with Crippen molar-refractivity contribution in [1.82, 2.24) is 20.1 Å². The van der Waals surface area contributed by atoms with Gasteiger partial charge in [-0.1, -0.05) is 6.07 Å². The third kappa shape index (κ3) is 7.90. The summed E-state index contributed by atoms with van der Waals surface area (Å²) in [5, 5.41) is 3.43. The Kier molecular flexibility index (Phi) is 12.0. The van der Waals surface area contributed by atoms with Gasteiger partial charge in [0.05, 0.1) is 18.8 Å². The highest BCUT2D eigenvalue weighted by Crippen LogP contribution is 2.17. The van der Waals surface area contributed by atoms with Gasteiger partial charge < -0.3 is 10.2 Å². The average molecular weight is 391 g/mol. The molecule has 7 heteroatoms. The minimum atomic E-state index is 0. The predicted octanol–water partition coefficient (Wildman–Crippen LogP) is 2.74. The van der Waals surface area contributed by atoms with Crippen LogP contribution < -0.4 is 5.32 Å². The van der Waals surface area contributed by atoms with E-state index < -0.39 is 0 Å². The van der Waals surface area contributed by atoms with Crippen molar-refractivity contribution >= 4 is 30.7 Å². The van der Waals surface area contributed by atoms with Crippen molar-refractivity contribution < 1.29 is 4.79 Å². The van der Waals surface area contributed by atoms with Crippen molar-refractivity contribution in [2.45, 2.75) is 51.7 Å². The Hall–Kier alpha value is -0.880. The first-order valence-electron chi connectivity index (χ1n) is 8.68. The molecule has 2 rings (SSSR count). The number of halogens is 2. The van der Waals surface area contributed by atoms with Crippen LogP contribution in [0.4, 0.5) is 0 Å². The van der Waals surface area contributed by atoms with Gasteiger partial charge in [-0.2, -0.15) is 0 Å². The maximum atomic E-state index is 12.9. The van der Waals surface area contributed by atoms with Gasteiger partial charge in [0, 0.05) is 18.3 Å². The predicted molar refractivity (Wildman–Crippen MR) is 108 cm³/mol. The largest absolute Gasteiger partial charge is 0.333 e.